The predicted octanol–water partition coefficient (Wildman–Crippen LogP) is 3.81. The maximum atomic E-state index is 4.48. The van der Waals surface area contributed by atoms with E-state index >= 15 is 0 Å². The van der Waals surface area contributed by atoms with E-state index in [-0.39, 0.29) is 0 Å². The van der Waals surface area contributed by atoms with Gasteiger partial charge in [-0.25, -0.2) is 9.97 Å². The van der Waals surface area contributed by atoms with Crippen molar-refractivity contribution in [2.24, 2.45) is 0 Å². The van der Waals surface area contributed by atoms with Crippen LogP contribution in [-0.2, 0) is 6.42 Å². The molecule has 0 radical (unpaired) electrons. The van der Waals surface area contributed by atoms with E-state index in [1.165, 1.54) is 11.1 Å². The van der Waals surface area contributed by atoms with Gasteiger partial charge in [0.1, 0.15) is 5.82 Å². The maximum absolute atomic E-state index is 4.48. The highest BCUT2D eigenvalue weighted by Gasteiger charge is 2.03. The van der Waals surface area contributed by atoms with Crippen LogP contribution in [0, 0.1) is 13.8 Å². The van der Waals surface area contributed by atoms with Crippen molar-refractivity contribution in [1.29, 1.82) is 0 Å². The average molecular weight is 240 g/mol. The van der Waals surface area contributed by atoms with Gasteiger partial charge in [0.2, 0.25) is 0 Å². The van der Waals surface area contributed by atoms with E-state index < -0.39 is 0 Å². The summed E-state index contributed by atoms with van der Waals surface area (Å²) in [7, 11) is 0. The van der Waals surface area contributed by atoms with Crippen LogP contribution in [0.15, 0.2) is 30.3 Å². The Morgan fingerprint density at radius 3 is 2.00 bits per heavy atom. The number of hydrogen-bond donors (Lipinski definition) is 0. The van der Waals surface area contributed by atoms with Crippen molar-refractivity contribution in [3.63, 3.8) is 0 Å². The third-order valence-corrected chi connectivity index (χ3v) is 3.04. The Labute approximate surface area is 109 Å². The van der Waals surface area contributed by atoms with E-state index in [4.69, 9.17) is 0 Å². The molecule has 0 spiro atoms. The van der Waals surface area contributed by atoms with Crippen molar-refractivity contribution in [2.75, 3.05) is 0 Å². The average Bonchev–Trinajstić information content (AvgIpc) is 2.28. The Kier molecular flexibility index (Phi) is 3.75. The van der Waals surface area contributed by atoms with Gasteiger partial charge in [-0.1, -0.05) is 38.1 Å². The molecule has 1 aromatic carbocycles. The molecule has 2 rings (SSSR count). The zero-order valence-electron chi connectivity index (χ0n) is 11.6. The minimum atomic E-state index is 0.580. The minimum absolute atomic E-state index is 0.580. The van der Waals surface area contributed by atoms with Gasteiger partial charge in [0.15, 0.2) is 0 Å². The molecule has 0 amide bonds. The highest BCUT2D eigenvalue weighted by Crippen LogP contribution is 2.16. The Morgan fingerprint density at radius 1 is 0.944 bits per heavy atom. The van der Waals surface area contributed by atoms with Crippen LogP contribution in [0.1, 0.15) is 48.1 Å². The zero-order valence-corrected chi connectivity index (χ0v) is 11.6. The molecule has 94 valence electrons. The van der Waals surface area contributed by atoms with Crippen LogP contribution < -0.4 is 0 Å². The fourth-order valence-corrected chi connectivity index (χ4v) is 2.08. The fraction of sp³-hybridized carbons (Fsp3) is 0.375. The zero-order chi connectivity index (χ0) is 13.1. The first-order valence-electron chi connectivity index (χ1n) is 6.44. The number of aromatic nitrogens is 2. The monoisotopic (exact) mass is 240 g/mol. The molecule has 2 heteroatoms. The van der Waals surface area contributed by atoms with Crippen molar-refractivity contribution in [2.45, 2.75) is 40.0 Å². The van der Waals surface area contributed by atoms with Crippen LogP contribution >= 0.6 is 0 Å². The molecule has 0 aliphatic rings. The van der Waals surface area contributed by atoms with Crippen LogP contribution in [0.25, 0.3) is 0 Å². The van der Waals surface area contributed by atoms with E-state index in [0.29, 0.717) is 5.92 Å². The SMILES string of the molecule is Cc1cc(C)nc(Cc2ccc(C(C)C)cc2)n1. The number of rotatable bonds is 3. The van der Waals surface area contributed by atoms with Crippen molar-refractivity contribution in [1.82, 2.24) is 9.97 Å². The van der Waals surface area contributed by atoms with E-state index in [1.54, 1.807) is 0 Å². The standard InChI is InChI=1S/C16H20N2/c1-11(2)15-7-5-14(6-8-15)10-16-17-12(3)9-13(4)18-16/h5-9,11H,10H2,1-4H3. The molecule has 0 aliphatic carbocycles. The predicted molar refractivity (Wildman–Crippen MR) is 74.8 cm³/mol. The number of aryl methyl sites for hydroxylation is 2. The first-order valence-corrected chi connectivity index (χ1v) is 6.44. The Hall–Kier alpha value is -1.70. The molecule has 0 saturated carbocycles. The molecular weight excluding hydrogens is 220 g/mol. The van der Waals surface area contributed by atoms with E-state index in [2.05, 4.69) is 48.1 Å². The molecule has 0 N–H and O–H groups in total. The molecule has 18 heavy (non-hydrogen) atoms. The molecule has 2 aromatic rings. The lowest BCUT2D eigenvalue weighted by atomic mass is 10.0. The Bertz CT molecular complexity index is 507. The summed E-state index contributed by atoms with van der Waals surface area (Å²) >= 11 is 0. The van der Waals surface area contributed by atoms with Crippen molar-refractivity contribution in [3.05, 3.63) is 58.7 Å². The quantitative estimate of drug-likeness (QED) is 0.815. The summed E-state index contributed by atoms with van der Waals surface area (Å²) in [5.41, 5.74) is 4.72. The second-order valence-electron chi connectivity index (χ2n) is 5.14. The van der Waals surface area contributed by atoms with Crippen LogP contribution in [0.5, 0.6) is 0 Å². The molecule has 1 heterocycles. The lowest BCUT2D eigenvalue weighted by Gasteiger charge is -2.07. The number of benzene rings is 1. The highest BCUT2D eigenvalue weighted by atomic mass is 14.9. The summed E-state index contributed by atoms with van der Waals surface area (Å²) in [6.07, 6.45) is 0.806. The van der Waals surface area contributed by atoms with Crippen molar-refractivity contribution < 1.29 is 0 Å². The van der Waals surface area contributed by atoms with E-state index in [1.807, 2.05) is 19.9 Å². The Morgan fingerprint density at radius 2 is 1.50 bits per heavy atom. The van der Waals surface area contributed by atoms with Crippen molar-refractivity contribution >= 4 is 0 Å². The van der Waals surface area contributed by atoms with Gasteiger partial charge in [0.05, 0.1) is 0 Å². The molecule has 2 nitrogen and oxygen atoms in total. The molecule has 0 saturated heterocycles. The van der Waals surface area contributed by atoms with Crippen LogP contribution in [0.4, 0.5) is 0 Å². The van der Waals surface area contributed by atoms with Crippen LogP contribution in [0.3, 0.4) is 0 Å². The smallest absolute Gasteiger partial charge is 0.133 e. The van der Waals surface area contributed by atoms with E-state index in [9.17, 15) is 0 Å². The molecule has 0 atom stereocenters. The van der Waals surface area contributed by atoms with Gasteiger partial charge in [-0.2, -0.15) is 0 Å². The van der Waals surface area contributed by atoms with Gasteiger partial charge in [-0.05, 0) is 37.0 Å². The van der Waals surface area contributed by atoms with Gasteiger partial charge in [-0.15, -0.1) is 0 Å². The fourth-order valence-electron chi connectivity index (χ4n) is 2.08. The largest absolute Gasteiger partial charge is 0.238 e. The number of nitrogens with zero attached hydrogens (tertiary/aromatic N) is 2. The molecule has 0 bridgehead atoms. The maximum Gasteiger partial charge on any atom is 0.133 e. The topological polar surface area (TPSA) is 25.8 Å². The van der Waals surface area contributed by atoms with Crippen LogP contribution in [-0.4, -0.2) is 9.97 Å². The summed E-state index contributed by atoms with van der Waals surface area (Å²) in [5.74, 6) is 1.49. The van der Waals surface area contributed by atoms with Gasteiger partial charge in [0.25, 0.3) is 0 Å². The normalized spacial score (nSPS) is 10.9. The summed E-state index contributed by atoms with van der Waals surface area (Å²) in [5, 5.41) is 0. The third-order valence-electron chi connectivity index (χ3n) is 3.04. The first kappa shape index (κ1) is 12.7. The molecule has 0 unspecified atom stereocenters. The van der Waals surface area contributed by atoms with Crippen molar-refractivity contribution in [3.8, 4) is 0 Å². The second-order valence-corrected chi connectivity index (χ2v) is 5.14. The molecule has 1 aromatic heterocycles. The first-order chi connectivity index (χ1) is 8.54. The lowest BCUT2D eigenvalue weighted by Crippen LogP contribution is -2.00. The summed E-state index contributed by atoms with van der Waals surface area (Å²) in [6.45, 7) is 8.45. The second kappa shape index (κ2) is 5.30. The Balaban J connectivity index is 2.18. The molecule has 0 fully saturated rings. The van der Waals surface area contributed by atoms with Gasteiger partial charge >= 0.3 is 0 Å². The van der Waals surface area contributed by atoms with Gasteiger partial charge < -0.3 is 0 Å². The van der Waals surface area contributed by atoms with E-state index in [0.717, 1.165) is 23.6 Å². The molecule has 0 aliphatic heterocycles. The molecular formula is C16H20N2. The summed E-state index contributed by atoms with van der Waals surface area (Å²) < 4.78 is 0. The third kappa shape index (κ3) is 3.16. The highest BCUT2D eigenvalue weighted by molar-refractivity contribution is 5.27. The van der Waals surface area contributed by atoms with Gasteiger partial charge in [0, 0.05) is 17.8 Å². The summed E-state index contributed by atoms with van der Waals surface area (Å²) in [6, 6.07) is 10.8. The lowest BCUT2D eigenvalue weighted by molar-refractivity contribution is 0.863. The van der Waals surface area contributed by atoms with Gasteiger partial charge in [-0.3, -0.25) is 0 Å². The van der Waals surface area contributed by atoms with Crippen LogP contribution in [0.2, 0.25) is 0 Å². The minimum Gasteiger partial charge on any atom is -0.238 e. The summed E-state index contributed by atoms with van der Waals surface area (Å²) in [4.78, 5) is 8.95. The number of hydrogen-bond acceptors (Lipinski definition) is 2.